The first-order valence-corrected chi connectivity index (χ1v) is 8.50. The maximum absolute atomic E-state index is 12.0. The average Bonchev–Trinajstić information content (AvgIpc) is 2.50. The number of hydrogen-bond donors (Lipinski definition) is 1. The van der Waals surface area contributed by atoms with E-state index in [1.807, 2.05) is 0 Å². The number of rotatable bonds is 5. The fourth-order valence-corrected chi connectivity index (χ4v) is 3.45. The van der Waals surface area contributed by atoms with Gasteiger partial charge in [0.05, 0.1) is 6.61 Å². The van der Waals surface area contributed by atoms with Crippen LogP contribution in [-0.4, -0.2) is 46.5 Å². The van der Waals surface area contributed by atoms with Crippen LogP contribution in [0.3, 0.4) is 0 Å². The van der Waals surface area contributed by atoms with E-state index >= 15 is 0 Å². The summed E-state index contributed by atoms with van der Waals surface area (Å²) in [4.78, 5) is 39.2. The molecule has 1 aliphatic heterocycles. The molecule has 0 radical (unpaired) electrons. The van der Waals surface area contributed by atoms with E-state index in [1.54, 1.807) is 30.3 Å². The number of nitrogens with one attached hydrogen (secondary N) is 1. The van der Waals surface area contributed by atoms with Crippen LogP contribution in [0.1, 0.15) is 24.6 Å². The normalized spacial score (nSPS) is 13.5. The number of amides is 1. The number of carbonyl (C=O) groups is 1. The maximum Gasteiger partial charge on any atom is 0.409 e. The standard InChI is InChI=1S/C14H21N3O4S/c1-3-21-14(20)16(2)6-4-7-17-11-5-8-22-9-10(11)12(18)15-13(17)19/h3-9H2,1-2H3,(H,15,18,19). The van der Waals surface area contributed by atoms with Crippen LogP contribution in [0.2, 0.25) is 0 Å². The molecule has 0 atom stereocenters. The summed E-state index contributed by atoms with van der Waals surface area (Å²) in [5.74, 6) is 1.56. The summed E-state index contributed by atoms with van der Waals surface area (Å²) in [6.45, 7) is 3.07. The topological polar surface area (TPSA) is 84.4 Å². The van der Waals surface area contributed by atoms with Gasteiger partial charge in [0, 0.05) is 37.1 Å². The highest BCUT2D eigenvalue weighted by Crippen LogP contribution is 2.20. The molecular weight excluding hydrogens is 306 g/mol. The van der Waals surface area contributed by atoms with E-state index in [-0.39, 0.29) is 17.3 Å². The Morgan fingerprint density at radius 1 is 1.45 bits per heavy atom. The van der Waals surface area contributed by atoms with E-state index in [9.17, 15) is 14.4 Å². The minimum Gasteiger partial charge on any atom is -0.450 e. The van der Waals surface area contributed by atoms with Crippen molar-refractivity contribution in [3.63, 3.8) is 0 Å². The third-order valence-electron chi connectivity index (χ3n) is 3.60. The predicted molar refractivity (Wildman–Crippen MR) is 85.5 cm³/mol. The van der Waals surface area contributed by atoms with E-state index in [0.717, 1.165) is 17.9 Å². The van der Waals surface area contributed by atoms with Crippen LogP contribution >= 0.6 is 11.8 Å². The third kappa shape index (κ3) is 3.73. The van der Waals surface area contributed by atoms with Crippen molar-refractivity contribution < 1.29 is 9.53 Å². The van der Waals surface area contributed by atoms with Crippen molar-refractivity contribution in [1.82, 2.24) is 14.5 Å². The molecule has 1 aromatic heterocycles. The number of nitrogens with zero attached hydrogens (tertiary/aromatic N) is 2. The van der Waals surface area contributed by atoms with E-state index < -0.39 is 0 Å². The fourth-order valence-electron chi connectivity index (χ4n) is 2.46. The van der Waals surface area contributed by atoms with Crippen molar-refractivity contribution >= 4 is 17.9 Å². The number of carbonyl (C=O) groups excluding carboxylic acids is 1. The lowest BCUT2D eigenvalue weighted by molar-refractivity contribution is 0.115. The van der Waals surface area contributed by atoms with E-state index in [2.05, 4.69) is 4.98 Å². The second-order valence-corrected chi connectivity index (χ2v) is 6.22. The molecule has 0 aromatic carbocycles. The van der Waals surface area contributed by atoms with Crippen LogP contribution < -0.4 is 11.2 Å². The zero-order chi connectivity index (χ0) is 16.1. The molecule has 0 bridgehead atoms. The first kappa shape index (κ1) is 16.7. The minimum atomic E-state index is -0.366. The van der Waals surface area contributed by atoms with Crippen molar-refractivity contribution in [1.29, 1.82) is 0 Å². The molecule has 7 nitrogen and oxygen atoms in total. The first-order valence-electron chi connectivity index (χ1n) is 7.35. The fraction of sp³-hybridized carbons (Fsp3) is 0.643. The van der Waals surface area contributed by atoms with Gasteiger partial charge in [-0.2, -0.15) is 11.8 Å². The highest BCUT2D eigenvalue weighted by molar-refractivity contribution is 7.98. The molecule has 0 saturated carbocycles. The number of thioether (sulfide) groups is 1. The van der Waals surface area contributed by atoms with Crippen molar-refractivity contribution in [2.75, 3.05) is 26.0 Å². The third-order valence-corrected chi connectivity index (χ3v) is 4.58. The average molecular weight is 327 g/mol. The lowest BCUT2D eigenvalue weighted by Gasteiger charge is -2.21. The van der Waals surface area contributed by atoms with Crippen LogP contribution in [-0.2, 0) is 23.5 Å². The van der Waals surface area contributed by atoms with Crippen LogP contribution in [0.4, 0.5) is 4.79 Å². The van der Waals surface area contributed by atoms with Gasteiger partial charge in [0.25, 0.3) is 5.56 Å². The first-order chi connectivity index (χ1) is 10.5. The lowest BCUT2D eigenvalue weighted by atomic mass is 10.2. The van der Waals surface area contributed by atoms with Crippen LogP contribution in [0.25, 0.3) is 0 Å². The molecule has 1 N–H and O–H groups in total. The van der Waals surface area contributed by atoms with Crippen molar-refractivity contribution in [3.8, 4) is 0 Å². The molecule has 2 rings (SSSR count). The van der Waals surface area contributed by atoms with E-state index in [4.69, 9.17) is 4.74 Å². The Bertz CT molecular complexity index is 652. The summed E-state index contributed by atoms with van der Waals surface area (Å²) in [6, 6.07) is 0. The predicted octanol–water partition coefficient (Wildman–Crippen LogP) is 0.804. The monoisotopic (exact) mass is 327 g/mol. The van der Waals surface area contributed by atoms with Crippen molar-refractivity contribution in [3.05, 3.63) is 32.1 Å². The zero-order valence-corrected chi connectivity index (χ0v) is 13.7. The summed E-state index contributed by atoms with van der Waals surface area (Å²) in [6.07, 6.45) is 0.989. The summed E-state index contributed by atoms with van der Waals surface area (Å²) >= 11 is 1.70. The largest absolute Gasteiger partial charge is 0.450 e. The van der Waals surface area contributed by atoms with Crippen LogP contribution in [0.15, 0.2) is 9.59 Å². The van der Waals surface area contributed by atoms with Gasteiger partial charge in [-0.15, -0.1) is 0 Å². The number of ether oxygens (including phenoxy) is 1. The Hall–Kier alpha value is -1.70. The van der Waals surface area contributed by atoms with Crippen molar-refractivity contribution in [2.24, 2.45) is 0 Å². The Balaban J connectivity index is 2.06. The molecule has 1 amide bonds. The minimum absolute atomic E-state index is 0.271. The molecule has 0 unspecified atom stereocenters. The summed E-state index contributed by atoms with van der Waals surface area (Å²) in [7, 11) is 1.67. The molecule has 0 aliphatic carbocycles. The highest BCUT2D eigenvalue weighted by atomic mass is 32.2. The van der Waals surface area contributed by atoms with E-state index in [0.29, 0.717) is 37.4 Å². The van der Waals surface area contributed by atoms with Gasteiger partial charge in [-0.3, -0.25) is 14.3 Å². The molecular formula is C14H21N3O4S. The second kappa shape index (κ2) is 7.53. The van der Waals surface area contributed by atoms with Gasteiger partial charge in [0.2, 0.25) is 0 Å². The Kier molecular flexibility index (Phi) is 5.70. The summed E-state index contributed by atoms with van der Waals surface area (Å²) in [5.41, 5.74) is 0.905. The lowest BCUT2D eigenvalue weighted by Crippen LogP contribution is -2.37. The molecule has 22 heavy (non-hydrogen) atoms. The SMILES string of the molecule is CCOC(=O)N(C)CCCn1c2c(c(=O)[nH]c1=O)CSCC2. The van der Waals surface area contributed by atoms with Gasteiger partial charge in [-0.05, 0) is 25.5 Å². The molecule has 0 spiro atoms. The Morgan fingerprint density at radius 3 is 2.95 bits per heavy atom. The molecule has 122 valence electrons. The van der Waals surface area contributed by atoms with Gasteiger partial charge in [-0.1, -0.05) is 0 Å². The number of aromatic amines is 1. The number of fused-ring (bicyclic) bond motifs is 1. The molecule has 0 fully saturated rings. The summed E-state index contributed by atoms with van der Waals surface area (Å²) < 4.78 is 6.54. The Morgan fingerprint density at radius 2 is 2.23 bits per heavy atom. The molecule has 2 heterocycles. The van der Waals surface area contributed by atoms with Crippen LogP contribution in [0.5, 0.6) is 0 Å². The quantitative estimate of drug-likeness (QED) is 0.865. The number of aromatic nitrogens is 2. The van der Waals surface area contributed by atoms with Gasteiger partial charge in [0.15, 0.2) is 0 Å². The zero-order valence-electron chi connectivity index (χ0n) is 12.9. The number of hydrogen-bond acceptors (Lipinski definition) is 5. The van der Waals surface area contributed by atoms with Gasteiger partial charge >= 0.3 is 11.8 Å². The Labute approximate surface area is 132 Å². The highest BCUT2D eigenvalue weighted by Gasteiger charge is 2.18. The number of H-pyrrole nitrogens is 1. The second-order valence-electron chi connectivity index (χ2n) is 5.11. The smallest absolute Gasteiger partial charge is 0.409 e. The van der Waals surface area contributed by atoms with E-state index in [1.165, 1.54) is 4.90 Å². The van der Waals surface area contributed by atoms with Crippen LogP contribution in [0, 0.1) is 0 Å². The molecule has 0 saturated heterocycles. The van der Waals surface area contributed by atoms with Gasteiger partial charge in [-0.25, -0.2) is 9.59 Å². The molecule has 8 heteroatoms. The maximum atomic E-state index is 12.0. The summed E-state index contributed by atoms with van der Waals surface area (Å²) in [5, 5.41) is 0. The van der Waals surface area contributed by atoms with Gasteiger partial charge in [0.1, 0.15) is 0 Å². The van der Waals surface area contributed by atoms with Gasteiger partial charge < -0.3 is 9.64 Å². The molecule has 1 aliphatic rings. The van der Waals surface area contributed by atoms with Crippen molar-refractivity contribution in [2.45, 2.75) is 32.1 Å². The molecule has 1 aromatic rings.